The van der Waals surface area contributed by atoms with Crippen molar-refractivity contribution >= 4 is 33.4 Å². The van der Waals surface area contributed by atoms with E-state index in [9.17, 15) is 9.18 Å². The number of piperidine rings is 1. The summed E-state index contributed by atoms with van der Waals surface area (Å²) in [6.07, 6.45) is 0.802. The fourth-order valence-electron chi connectivity index (χ4n) is 2.11. The maximum Gasteiger partial charge on any atom is 0.253 e. The van der Waals surface area contributed by atoms with Gasteiger partial charge in [0.15, 0.2) is 0 Å². The Bertz CT molecular complexity index is 468. The number of carbonyl (C=O) groups excluding carboxylic acids is 1. The molecule has 1 fully saturated rings. The number of nitrogens with zero attached hydrogens (tertiary/aromatic N) is 1. The topological polar surface area (TPSA) is 20.3 Å². The van der Waals surface area contributed by atoms with Gasteiger partial charge in [0, 0.05) is 24.0 Å². The second-order valence-corrected chi connectivity index (χ2v) is 6.08. The van der Waals surface area contributed by atoms with Crippen molar-refractivity contribution in [3.63, 3.8) is 0 Å². The van der Waals surface area contributed by atoms with Gasteiger partial charge >= 0.3 is 0 Å². The van der Waals surface area contributed by atoms with Crippen LogP contribution < -0.4 is 0 Å². The molecule has 2 unspecified atom stereocenters. The summed E-state index contributed by atoms with van der Waals surface area (Å²) in [5.74, 6) is -0.140. The third kappa shape index (κ3) is 2.86. The van der Waals surface area contributed by atoms with E-state index in [1.165, 1.54) is 18.2 Å². The number of hydrogen-bond acceptors (Lipinski definition) is 1. The first-order chi connectivity index (χ1) is 8.49. The molecule has 18 heavy (non-hydrogen) atoms. The van der Waals surface area contributed by atoms with Gasteiger partial charge in [0.25, 0.3) is 5.91 Å². The molecule has 0 bridgehead atoms. The zero-order chi connectivity index (χ0) is 13.3. The van der Waals surface area contributed by atoms with Crippen molar-refractivity contribution in [3.05, 3.63) is 34.1 Å². The van der Waals surface area contributed by atoms with Gasteiger partial charge in [-0.2, -0.15) is 0 Å². The fourth-order valence-corrected chi connectivity index (χ4v) is 2.67. The molecule has 1 aromatic rings. The average Bonchev–Trinajstić information content (AvgIpc) is 2.35. The molecule has 2 rings (SSSR count). The summed E-state index contributed by atoms with van der Waals surface area (Å²) in [6.45, 7) is 3.35. The Morgan fingerprint density at radius 1 is 1.56 bits per heavy atom. The normalized spacial score (nSPS) is 24.1. The highest BCUT2D eigenvalue weighted by Crippen LogP contribution is 2.24. The quantitative estimate of drug-likeness (QED) is 0.718. The number of rotatable bonds is 1. The SMILES string of the molecule is CC1CN(C(=O)c2ccc(F)c(Br)c2)CCC1Cl. The van der Waals surface area contributed by atoms with Gasteiger partial charge < -0.3 is 4.90 Å². The van der Waals surface area contributed by atoms with Gasteiger partial charge in [-0.1, -0.05) is 6.92 Å². The van der Waals surface area contributed by atoms with Crippen molar-refractivity contribution in [2.24, 2.45) is 5.92 Å². The van der Waals surface area contributed by atoms with E-state index >= 15 is 0 Å². The molecule has 1 aliphatic rings. The molecule has 0 N–H and O–H groups in total. The molecule has 0 aliphatic carbocycles. The Hall–Kier alpha value is -0.610. The summed E-state index contributed by atoms with van der Waals surface area (Å²) in [5.41, 5.74) is 0.503. The number of benzene rings is 1. The highest BCUT2D eigenvalue weighted by Gasteiger charge is 2.27. The van der Waals surface area contributed by atoms with E-state index in [1.807, 2.05) is 6.92 Å². The van der Waals surface area contributed by atoms with Gasteiger partial charge in [-0.05, 0) is 46.5 Å². The van der Waals surface area contributed by atoms with E-state index in [1.54, 1.807) is 4.90 Å². The van der Waals surface area contributed by atoms with Crippen LogP contribution in [0, 0.1) is 11.7 Å². The molecule has 0 radical (unpaired) electrons. The monoisotopic (exact) mass is 333 g/mol. The highest BCUT2D eigenvalue weighted by atomic mass is 79.9. The standard InChI is InChI=1S/C13H14BrClFNO/c1-8-7-17(5-4-11(8)15)13(18)9-2-3-12(16)10(14)6-9/h2-3,6,8,11H,4-5,7H2,1H3. The molecule has 5 heteroatoms. The van der Waals surface area contributed by atoms with E-state index in [-0.39, 0.29) is 23.0 Å². The Balaban J connectivity index is 2.14. The van der Waals surface area contributed by atoms with Crippen LogP contribution in [-0.2, 0) is 0 Å². The van der Waals surface area contributed by atoms with Crippen LogP contribution in [-0.4, -0.2) is 29.3 Å². The molecule has 98 valence electrons. The van der Waals surface area contributed by atoms with E-state index < -0.39 is 0 Å². The second kappa shape index (κ2) is 5.57. The van der Waals surface area contributed by atoms with Crippen molar-refractivity contribution in [1.82, 2.24) is 4.90 Å². The van der Waals surface area contributed by atoms with E-state index in [0.29, 0.717) is 23.1 Å². The van der Waals surface area contributed by atoms with Crippen LogP contribution in [0.25, 0.3) is 0 Å². The third-order valence-electron chi connectivity index (χ3n) is 3.25. The number of likely N-dealkylation sites (tertiary alicyclic amines) is 1. The largest absolute Gasteiger partial charge is 0.338 e. The van der Waals surface area contributed by atoms with Crippen molar-refractivity contribution in [1.29, 1.82) is 0 Å². The lowest BCUT2D eigenvalue weighted by atomic mass is 9.99. The molecule has 2 atom stereocenters. The lowest BCUT2D eigenvalue weighted by Gasteiger charge is -2.34. The lowest BCUT2D eigenvalue weighted by molar-refractivity contribution is 0.0687. The summed E-state index contributed by atoms with van der Waals surface area (Å²) >= 11 is 9.23. The van der Waals surface area contributed by atoms with Gasteiger partial charge in [0.05, 0.1) is 4.47 Å². The molecule has 1 saturated heterocycles. The van der Waals surface area contributed by atoms with Gasteiger partial charge in [-0.25, -0.2) is 4.39 Å². The van der Waals surface area contributed by atoms with Gasteiger partial charge in [0.1, 0.15) is 5.82 Å². The zero-order valence-electron chi connectivity index (χ0n) is 10.00. The van der Waals surface area contributed by atoms with E-state index in [0.717, 1.165) is 6.42 Å². The van der Waals surface area contributed by atoms with E-state index in [2.05, 4.69) is 15.9 Å². The molecular weight excluding hydrogens is 321 g/mol. The molecule has 1 heterocycles. The minimum atomic E-state index is -0.362. The number of halogens is 3. The van der Waals surface area contributed by atoms with Crippen molar-refractivity contribution in [3.8, 4) is 0 Å². The molecule has 0 saturated carbocycles. The Morgan fingerprint density at radius 3 is 2.89 bits per heavy atom. The smallest absolute Gasteiger partial charge is 0.253 e. The van der Waals surface area contributed by atoms with Crippen molar-refractivity contribution < 1.29 is 9.18 Å². The van der Waals surface area contributed by atoms with Gasteiger partial charge in [0.2, 0.25) is 0 Å². The summed E-state index contributed by atoms with van der Waals surface area (Å²) in [6, 6.07) is 4.34. The summed E-state index contributed by atoms with van der Waals surface area (Å²) in [4.78, 5) is 14.0. The third-order valence-corrected chi connectivity index (χ3v) is 4.51. The molecule has 2 nitrogen and oxygen atoms in total. The number of amides is 1. The van der Waals surface area contributed by atoms with Crippen LogP contribution in [0.1, 0.15) is 23.7 Å². The van der Waals surface area contributed by atoms with Crippen LogP contribution in [0.5, 0.6) is 0 Å². The van der Waals surface area contributed by atoms with E-state index in [4.69, 9.17) is 11.6 Å². The Labute approximate surface area is 119 Å². The number of carbonyl (C=O) groups is 1. The second-order valence-electron chi connectivity index (χ2n) is 4.66. The Kier molecular flexibility index (Phi) is 4.28. The van der Waals surface area contributed by atoms with Crippen LogP contribution in [0.15, 0.2) is 22.7 Å². The predicted octanol–water partition coefficient (Wildman–Crippen LogP) is 3.68. The fraction of sp³-hybridized carbons (Fsp3) is 0.462. The predicted molar refractivity (Wildman–Crippen MR) is 73.4 cm³/mol. The molecule has 0 aromatic heterocycles. The van der Waals surface area contributed by atoms with Gasteiger partial charge in [-0.3, -0.25) is 4.79 Å². The molecule has 0 spiro atoms. The van der Waals surface area contributed by atoms with Gasteiger partial charge in [-0.15, -0.1) is 11.6 Å². The molecule has 1 aliphatic heterocycles. The number of alkyl halides is 1. The minimum Gasteiger partial charge on any atom is -0.338 e. The Morgan fingerprint density at radius 2 is 2.28 bits per heavy atom. The first-order valence-corrected chi connectivity index (χ1v) is 7.10. The first-order valence-electron chi connectivity index (χ1n) is 5.87. The van der Waals surface area contributed by atoms with Crippen LogP contribution in [0.3, 0.4) is 0 Å². The van der Waals surface area contributed by atoms with Crippen LogP contribution >= 0.6 is 27.5 Å². The van der Waals surface area contributed by atoms with Crippen LogP contribution in [0.2, 0.25) is 0 Å². The van der Waals surface area contributed by atoms with Crippen molar-refractivity contribution in [2.75, 3.05) is 13.1 Å². The maximum atomic E-state index is 13.1. The first kappa shape index (κ1) is 13.8. The molecule has 1 aromatic carbocycles. The number of hydrogen-bond donors (Lipinski definition) is 0. The molecular formula is C13H14BrClFNO. The maximum absolute atomic E-state index is 13.1. The zero-order valence-corrected chi connectivity index (χ0v) is 12.3. The van der Waals surface area contributed by atoms with Crippen molar-refractivity contribution in [2.45, 2.75) is 18.7 Å². The minimum absolute atomic E-state index is 0.0638. The highest BCUT2D eigenvalue weighted by molar-refractivity contribution is 9.10. The molecule has 1 amide bonds. The summed E-state index contributed by atoms with van der Waals surface area (Å²) in [5, 5.41) is 0.133. The average molecular weight is 335 g/mol. The lowest BCUT2D eigenvalue weighted by Crippen LogP contribution is -2.43. The summed E-state index contributed by atoms with van der Waals surface area (Å²) < 4.78 is 13.4. The summed E-state index contributed by atoms with van der Waals surface area (Å²) in [7, 11) is 0. The van der Waals surface area contributed by atoms with Crippen LogP contribution in [0.4, 0.5) is 4.39 Å².